The van der Waals surface area contributed by atoms with Crippen LogP contribution in [0.3, 0.4) is 0 Å². The minimum atomic E-state index is -0.216. The molecule has 0 bridgehead atoms. The predicted octanol–water partition coefficient (Wildman–Crippen LogP) is -0.215. The Balaban J connectivity index is 0. The summed E-state index contributed by atoms with van der Waals surface area (Å²) in [6.45, 7) is 6.97. The summed E-state index contributed by atoms with van der Waals surface area (Å²) in [7, 11) is 3.01. The first-order valence-electron chi connectivity index (χ1n) is 4.40. The van der Waals surface area contributed by atoms with Crippen molar-refractivity contribution < 1.29 is 19.1 Å². The van der Waals surface area contributed by atoms with Crippen molar-refractivity contribution in [3.05, 3.63) is 25.3 Å². The highest BCUT2D eigenvalue weighted by atomic mass is 16.5. The molecule has 0 aromatic carbocycles. The normalized spacial score (nSPS) is 8.12. The molecule has 6 nitrogen and oxygen atoms in total. The number of carbonyl (C=O) groups excluding carboxylic acids is 2. The van der Waals surface area contributed by atoms with Gasteiger partial charge in [0, 0.05) is 14.2 Å². The highest BCUT2D eigenvalue weighted by Gasteiger charge is 1.87. The summed E-state index contributed by atoms with van der Waals surface area (Å²) >= 11 is 0. The van der Waals surface area contributed by atoms with Gasteiger partial charge in [-0.3, -0.25) is 9.59 Å². The Bertz CT molecular complexity index is 205. The average molecular weight is 230 g/mol. The Morgan fingerprint density at radius 1 is 1.00 bits per heavy atom. The fourth-order valence-corrected chi connectivity index (χ4v) is 0.431. The van der Waals surface area contributed by atoms with E-state index in [1.807, 2.05) is 0 Å². The summed E-state index contributed by atoms with van der Waals surface area (Å²) in [5, 5.41) is 4.81. The van der Waals surface area contributed by atoms with E-state index in [0.717, 1.165) is 0 Å². The summed E-state index contributed by atoms with van der Waals surface area (Å²) in [4.78, 5) is 20.5. The van der Waals surface area contributed by atoms with Gasteiger partial charge < -0.3 is 20.1 Å². The summed E-state index contributed by atoms with van der Waals surface area (Å²) in [5.41, 5.74) is 0. The zero-order valence-electron chi connectivity index (χ0n) is 9.62. The van der Waals surface area contributed by atoms with Crippen molar-refractivity contribution in [2.24, 2.45) is 0 Å². The van der Waals surface area contributed by atoms with Crippen LogP contribution in [0.4, 0.5) is 0 Å². The lowest BCUT2D eigenvalue weighted by Crippen LogP contribution is -2.22. The first kappa shape index (κ1) is 16.8. The van der Waals surface area contributed by atoms with Crippen molar-refractivity contribution in [3.8, 4) is 0 Å². The van der Waals surface area contributed by atoms with Crippen LogP contribution in [0.1, 0.15) is 0 Å². The third-order valence-corrected chi connectivity index (χ3v) is 1.15. The maximum atomic E-state index is 10.3. The van der Waals surface area contributed by atoms with E-state index in [4.69, 9.17) is 0 Å². The predicted molar refractivity (Wildman–Crippen MR) is 60.4 cm³/mol. The van der Waals surface area contributed by atoms with Gasteiger partial charge in [0.1, 0.15) is 13.5 Å². The first-order chi connectivity index (χ1) is 7.62. The van der Waals surface area contributed by atoms with Gasteiger partial charge in [-0.15, -0.1) is 0 Å². The molecule has 0 rings (SSSR count). The van der Waals surface area contributed by atoms with Crippen LogP contribution >= 0.6 is 0 Å². The molecular formula is C10H18N2O4. The molecule has 0 radical (unpaired) electrons. The summed E-state index contributed by atoms with van der Waals surface area (Å²) in [5.74, 6) is -0.432. The lowest BCUT2D eigenvalue weighted by Gasteiger charge is -1.96. The fraction of sp³-hybridized carbons (Fsp3) is 0.400. The zero-order valence-corrected chi connectivity index (χ0v) is 9.62. The van der Waals surface area contributed by atoms with Crippen LogP contribution in [0.2, 0.25) is 0 Å². The number of rotatable bonds is 6. The number of amides is 2. The van der Waals surface area contributed by atoms with Gasteiger partial charge in [0.15, 0.2) is 0 Å². The van der Waals surface area contributed by atoms with Gasteiger partial charge in [0.2, 0.25) is 11.8 Å². The highest BCUT2D eigenvalue weighted by Crippen LogP contribution is 1.65. The first-order valence-corrected chi connectivity index (χ1v) is 4.40. The summed E-state index contributed by atoms with van der Waals surface area (Å²) in [6.07, 6.45) is 2.39. The number of nitrogens with one attached hydrogen (secondary N) is 2. The lowest BCUT2D eigenvalue weighted by atomic mass is 10.6. The Morgan fingerprint density at radius 3 is 1.50 bits per heavy atom. The summed E-state index contributed by atoms with van der Waals surface area (Å²) < 4.78 is 9.07. The zero-order chi connectivity index (χ0) is 12.8. The molecule has 16 heavy (non-hydrogen) atoms. The second-order valence-electron chi connectivity index (χ2n) is 2.36. The Kier molecular flexibility index (Phi) is 14.0. The molecule has 0 aliphatic rings. The van der Waals surface area contributed by atoms with E-state index in [1.165, 1.54) is 26.4 Å². The van der Waals surface area contributed by atoms with Gasteiger partial charge in [0.25, 0.3) is 0 Å². The van der Waals surface area contributed by atoms with Crippen LogP contribution in [0.25, 0.3) is 0 Å². The van der Waals surface area contributed by atoms with Crippen LogP contribution in [0.15, 0.2) is 25.3 Å². The number of hydrogen-bond donors (Lipinski definition) is 2. The molecule has 0 fully saturated rings. The van der Waals surface area contributed by atoms with Gasteiger partial charge in [-0.1, -0.05) is 13.2 Å². The fourth-order valence-electron chi connectivity index (χ4n) is 0.431. The van der Waals surface area contributed by atoms with Crippen molar-refractivity contribution in [1.82, 2.24) is 10.6 Å². The molecule has 0 unspecified atom stereocenters. The topological polar surface area (TPSA) is 76.7 Å². The molecule has 0 aromatic heterocycles. The number of hydrogen-bond acceptors (Lipinski definition) is 4. The molecule has 0 atom stereocenters. The van der Waals surface area contributed by atoms with Gasteiger partial charge in [-0.05, 0) is 12.2 Å². The Morgan fingerprint density at radius 2 is 1.31 bits per heavy atom. The molecule has 6 heteroatoms. The number of methoxy groups -OCH3 is 2. The molecular weight excluding hydrogens is 212 g/mol. The van der Waals surface area contributed by atoms with Crippen molar-refractivity contribution >= 4 is 11.8 Å². The smallest absolute Gasteiger partial charge is 0.245 e. The van der Waals surface area contributed by atoms with E-state index < -0.39 is 0 Å². The molecule has 0 saturated heterocycles. The third-order valence-electron chi connectivity index (χ3n) is 1.15. The standard InChI is InChI=1S/2C5H9NO2/c2*1-3-5(7)6-4-8-2/h2*3H,1,4H2,2H3,(H,6,7). The van der Waals surface area contributed by atoms with Gasteiger partial charge in [-0.2, -0.15) is 0 Å². The highest BCUT2D eigenvalue weighted by molar-refractivity contribution is 5.86. The van der Waals surface area contributed by atoms with Gasteiger partial charge in [0.05, 0.1) is 0 Å². The monoisotopic (exact) mass is 230 g/mol. The van der Waals surface area contributed by atoms with E-state index in [2.05, 4.69) is 33.3 Å². The van der Waals surface area contributed by atoms with E-state index in [9.17, 15) is 9.59 Å². The Hall–Kier alpha value is -1.66. The Labute approximate surface area is 95.3 Å². The molecule has 0 aliphatic carbocycles. The summed E-state index contributed by atoms with van der Waals surface area (Å²) in [6, 6.07) is 0. The van der Waals surface area contributed by atoms with Gasteiger partial charge >= 0.3 is 0 Å². The second kappa shape index (κ2) is 13.3. The molecule has 0 saturated carbocycles. The quantitative estimate of drug-likeness (QED) is 0.489. The number of ether oxygens (including phenoxy) is 2. The minimum absolute atomic E-state index is 0.216. The largest absolute Gasteiger partial charge is 0.364 e. The van der Waals surface area contributed by atoms with Crippen molar-refractivity contribution in [3.63, 3.8) is 0 Å². The van der Waals surface area contributed by atoms with Crippen LogP contribution < -0.4 is 10.6 Å². The molecule has 0 aliphatic heterocycles. The van der Waals surface area contributed by atoms with Crippen molar-refractivity contribution in [1.29, 1.82) is 0 Å². The molecule has 0 aromatic rings. The second-order valence-corrected chi connectivity index (χ2v) is 2.36. The van der Waals surface area contributed by atoms with E-state index >= 15 is 0 Å². The van der Waals surface area contributed by atoms with Crippen LogP contribution in [-0.4, -0.2) is 39.5 Å². The lowest BCUT2D eigenvalue weighted by molar-refractivity contribution is -0.118. The molecule has 0 heterocycles. The molecule has 92 valence electrons. The van der Waals surface area contributed by atoms with Crippen molar-refractivity contribution in [2.45, 2.75) is 0 Å². The number of carbonyl (C=O) groups is 2. The van der Waals surface area contributed by atoms with E-state index in [-0.39, 0.29) is 25.3 Å². The van der Waals surface area contributed by atoms with Crippen LogP contribution in [0.5, 0.6) is 0 Å². The third kappa shape index (κ3) is 14.8. The van der Waals surface area contributed by atoms with Crippen molar-refractivity contribution in [2.75, 3.05) is 27.7 Å². The van der Waals surface area contributed by atoms with E-state index in [1.54, 1.807) is 0 Å². The van der Waals surface area contributed by atoms with Crippen LogP contribution in [0, 0.1) is 0 Å². The van der Waals surface area contributed by atoms with Crippen LogP contribution in [-0.2, 0) is 19.1 Å². The molecule has 2 N–H and O–H groups in total. The maximum absolute atomic E-state index is 10.3. The maximum Gasteiger partial charge on any atom is 0.245 e. The molecule has 2 amide bonds. The minimum Gasteiger partial charge on any atom is -0.364 e. The molecule has 0 spiro atoms. The van der Waals surface area contributed by atoms with Gasteiger partial charge in [-0.25, -0.2) is 0 Å². The SMILES string of the molecule is C=CC(=O)NCOC.C=CC(=O)NCOC. The van der Waals surface area contributed by atoms with E-state index in [0.29, 0.717) is 0 Å². The average Bonchev–Trinajstić information content (AvgIpc) is 2.33.